The van der Waals surface area contributed by atoms with Gasteiger partial charge in [0.1, 0.15) is 17.4 Å². The van der Waals surface area contributed by atoms with E-state index in [-0.39, 0.29) is 35.2 Å². The molecule has 0 radical (unpaired) electrons. The minimum Gasteiger partial charge on any atom is -0.494 e. The van der Waals surface area contributed by atoms with Gasteiger partial charge in [0.2, 0.25) is 5.88 Å². The summed E-state index contributed by atoms with van der Waals surface area (Å²) in [5.41, 5.74) is 1.63. The van der Waals surface area contributed by atoms with Crippen molar-refractivity contribution in [3.63, 3.8) is 0 Å². The Morgan fingerprint density at radius 2 is 1.88 bits per heavy atom. The Kier molecular flexibility index (Phi) is 8.72. The molecule has 0 saturated carbocycles. The summed E-state index contributed by atoms with van der Waals surface area (Å²) in [5.74, 6) is -1.47. The average Bonchev–Trinajstić information content (AvgIpc) is 3.36. The molecule has 0 aliphatic rings. The van der Waals surface area contributed by atoms with Gasteiger partial charge in [-0.15, -0.1) is 0 Å². The maximum atomic E-state index is 13.6. The Bertz CT molecular complexity index is 1650. The van der Waals surface area contributed by atoms with E-state index in [2.05, 4.69) is 5.10 Å². The van der Waals surface area contributed by atoms with Crippen LogP contribution in [0.1, 0.15) is 47.3 Å². The van der Waals surface area contributed by atoms with Gasteiger partial charge < -0.3 is 9.84 Å². The summed E-state index contributed by atoms with van der Waals surface area (Å²) in [5, 5.41) is 25.2. The summed E-state index contributed by atoms with van der Waals surface area (Å²) >= 11 is 0. The summed E-state index contributed by atoms with van der Waals surface area (Å²) in [7, 11) is 0. The van der Waals surface area contributed by atoms with E-state index in [9.17, 15) is 24.3 Å². The normalized spacial score (nSPS) is 11.3. The first-order chi connectivity index (χ1) is 19.2. The lowest BCUT2D eigenvalue weighted by Crippen LogP contribution is -2.27. The van der Waals surface area contributed by atoms with Crippen molar-refractivity contribution < 1.29 is 19.0 Å². The lowest BCUT2D eigenvalue weighted by molar-refractivity contribution is 0.0743. The summed E-state index contributed by atoms with van der Waals surface area (Å²) in [6.07, 6.45) is 4.96. The number of halogens is 1. The van der Waals surface area contributed by atoms with Crippen LogP contribution in [0.3, 0.4) is 0 Å². The number of benzene rings is 2. The number of hydrogen-bond donors (Lipinski definition) is 1. The molecule has 0 atom stereocenters. The zero-order valence-corrected chi connectivity index (χ0v) is 22.5. The van der Waals surface area contributed by atoms with Gasteiger partial charge in [0.25, 0.3) is 5.56 Å². The third-order valence-electron chi connectivity index (χ3n) is 6.32. The van der Waals surface area contributed by atoms with Gasteiger partial charge in [-0.2, -0.15) is 10.4 Å². The number of aromatic hydroxyl groups is 1. The van der Waals surface area contributed by atoms with Crippen LogP contribution in [0.15, 0.2) is 71.7 Å². The molecule has 4 rings (SSSR count). The number of rotatable bonds is 10. The topological polar surface area (TPSA) is 110 Å². The van der Waals surface area contributed by atoms with Crippen molar-refractivity contribution in [3.8, 4) is 28.9 Å². The molecule has 0 aliphatic heterocycles. The minimum atomic E-state index is -0.662. The number of para-hydroxylation sites is 1. The molecule has 9 heteroatoms. The van der Waals surface area contributed by atoms with Crippen molar-refractivity contribution in [2.75, 3.05) is 6.61 Å². The number of aromatic nitrogens is 3. The van der Waals surface area contributed by atoms with Gasteiger partial charge in [-0.25, -0.2) is 9.07 Å². The fourth-order valence-electron chi connectivity index (χ4n) is 4.30. The van der Waals surface area contributed by atoms with E-state index in [1.807, 2.05) is 50.2 Å². The van der Waals surface area contributed by atoms with Gasteiger partial charge in [0.05, 0.1) is 23.0 Å². The summed E-state index contributed by atoms with van der Waals surface area (Å²) in [6, 6.07) is 17.1. The molecule has 4 aromatic rings. The van der Waals surface area contributed by atoms with E-state index in [4.69, 9.17) is 4.74 Å². The predicted octanol–water partition coefficient (Wildman–Crippen LogP) is 5.44. The highest BCUT2D eigenvalue weighted by Crippen LogP contribution is 2.27. The molecular weight excluding hydrogens is 511 g/mol. The first kappa shape index (κ1) is 28.2. The molecule has 0 amide bonds. The number of nitrogens with zero attached hydrogens (tertiary/aromatic N) is 4. The van der Waals surface area contributed by atoms with Crippen molar-refractivity contribution in [2.45, 2.75) is 39.8 Å². The van der Waals surface area contributed by atoms with Crippen molar-refractivity contribution in [1.29, 1.82) is 5.26 Å². The maximum absolute atomic E-state index is 13.6. The van der Waals surface area contributed by atoms with Crippen LogP contribution in [0.25, 0.3) is 23.0 Å². The molecule has 2 heterocycles. The maximum Gasteiger partial charge on any atom is 0.271 e. The van der Waals surface area contributed by atoms with Crippen molar-refractivity contribution in [1.82, 2.24) is 14.3 Å². The van der Waals surface area contributed by atoms with Gasteiger partial charge in [-0.3, -0.25) is 14.2 Å². The number of ketones is 1. The van der Waals surface area contributed by atoms with E-state index < -0.39 is 17.2 Å². The number of carbonyl (C=O) groups excluding carboxylic acids is 1. The van der Waals surface area contributed by atoms with Crippen LogP contribution in [0.5, 0.6) is 5.88 Å². The first-order valence-corrected chi connectivity index (χ1v) is 12.8. The Morgan fingerprint density at radius 3 is 2.52 bits per heavy atom. The van der Waals surface area contributed by atoms with Gasteiger partial charge in [0, 0.05) is 30.5 Å². The molecule has 2 aromatic heterocycles. The summed E-state index contributed by atoms with van der Waals surface area (Å²) < 4.78 is 21.8. The Balaban J connectivity index is 1.73. The zero-order valence-electron chi connectivity index (χ0n) is 22.5. The van der Waals surface area contributed by atoms with Crippen LogP contribution in [0, 0.1) is 24.1 Å². The molecule has 8 nitrogen and oxygen atoms in total. The lowest BCUT2D eigenvalue weighted by Gasteiger charge is -2.15. The SMILES string of the molecule is Cc1c(C(=O)/C=C/c2cn(-c3ccccc3)nc2-c2ccc(F)cc2)c(O)n(CCCOC(C)C)c(=O)c1C#N. The van der Waals surface area contributed by atoms with Gasteiger partial charge in [-0.1, -0.05) is 18.2 Å². The monoisotopic (exact) mass is 540 g/mol. The molecule has 0 bridgehead atoms. The quantitative estimate of drug-likeness (QED) is 0.163. The molecule has 0 aliphatic carbocycles. The fraction of sp³-hybridized carbons (Fsp3) is 0.226. The van der Waals surface area contributed by atoms with Crippen molar-refractivity contribution in [2.24, 2.45) is 0 Å². The van der Waals surface area contributed by atoms with E-state index >= 15 is 0 Å². The Hall–Kier alpha value is -4.81. The van der Waals surface area contributed by atoms with Crippen LogP contribution >= 0.6 is 0 Å². The molecule has 0 saturated heterocycles. The van der Waals surface area contributed by atoms with E-state index in [0.717, 1.165) is 10.3 Å². The zero-order chi connectivity index (χ0) is 28.8. The van der Waals surface area contributed by atoms with E-state index in [1.54, 1.807) is 29.1 Å². The standard InChI is InChI=1S/C31H29FN4O4/c1-20(2)40-17-7-16-35-30(38)26(18-33)21(3)28(31(35)39)27(37)15-12-23-19-36(25-8-5-4-6-9-25)34-29(23)22-10-13-24(32)14-11-22/h4-6,8-15,19-20,39H,7,16-17H2,1-3H3/b15-12+. The van der Waals surface area contributed by atoms with E-state index in [0.29, 0.717) is 29.8 Å². The van der Waals surface area contributed by atoms with Crippen LogP contribution in [0.4, 0.5) is 4.39 Å². The molecule has 1 N–H and O–H groups in total. The van der Waals surface area contributed by atoms with Crippen molar-refractivity contribution in [3.05, 3.63) is 105 Å². The molecule has 0 fully saturated rings. The second-order valence-electron chi connectivity index (χ2n) is 9.46. The highest BCUT2D eigenvalue weighted by molar-refractivity contribution is 6.09. The molecule has 0 unspecified atom stereocenters. The number of nitriles is 1. The number of carbonyl (C=O) groups is 1. The Labute approximate surface area is 231 Å². The molecule has 204 valence electrons. The number of allylic oxidation sites excluding steroid dienone is 1. The van der Waals surface area contributed by atoms with Gasteiger partial charge in [-0.05, 0) is 81.3 Å². The third-order valence-corrected chi connectivity index (χ3v) is 6.32. The van der Waals surface area contributed by atoms with Gasteiger partial charge >= 0.3 is 0 Å². The fourth-order valence-corrected chi connectivity index (χ4v) is 4.30. The van der Waals surface area contributed by atoms with Crippen LogP contribution in [-0.2, 0) is 11.3 Å². The highest BCUT2D eigenvalue weighted by Gasteiger charge is 2.23. The largest absolute Gasteiger partial charge is 0.494 e. The van der Waals surface area contributed by atoms with E-state index in [1.165, 1.54) is 25.1 Å². The number of pyridine rings is 1. The second kappa shape index (κ2) is 12.4. The van der Waals surface area contributed by atoms with Crippen LogP contribution in [-0.4, -0.2) is 37.9 Å². The molecule has 0 spiro atoms. The molecule has 2 aromatic carbocycles. The Morgan fingerprint density at radius 1 is 1.18 bits per heavy atom. The minimum absolute atomic E-state index is 0.00586. The first-order valence-electron chi connectivity index (χ1n) is 12.8. The lowest BCUT2D eigenvalue weighted by atomic mass is 10.0. The van der Waals surface area contributed by atoms with Gasteiger partial charge in [0.15, 0.2) is 5.78 Å². The number of hydrogen-bond acceptors (Lipinski definition) is 6. The molecular formula is C31H29FN4O4. The van der Waals surface area contributed by atoms with Crippen LogP contribution < -0.4 is 5.56 Å². The smallest absolute Gasteiger partial charge is 0.271 e. The second-order valence-corrected chi connectivity index (χ2v) is 9.46. The third kappa shape index (κ3) is 6.08. The van der Waals surface area contributed by atoms with Crippen molar-refractivity contribution >= 4 is 11.9 Å². The summed E-state index contributed by atoms with van der Waals surface area (Å²) in [4.78, 5) is 26.3. The number of ether oxygens (including phenoxy) is 1. The predicted molar refractivity (Wildman–Crippen MR) is 150 cm³/mol. The highest BCUT2D eigenvalue weighted by atomic mass is 19.1. The van der Waals surface area contributed by atoms with Crippen LogP contribution in [0.2, 0.25) is 0 Å². The average molecular weight is 541 g/mol. The summed E-state index contributed by atoms with van der Waals surface area (Å²) in [6.45, 7) is 5.66. The molecule has 40 heavy (non-hydrogen) atoms.